The number of hydrogen-bond donors (Lipinski definition) is 1. The summed E-state index contributed by atoms with van der Waals surface area (Å²) >= 11 is 1.29. The second-order valence-corrected chi connectivity index (χ2v) is 8.39. The standard InChI is InChI=1S/C25H21N3O3S/c1-16-7-10-21(11-8-16)32-24-12-9-19(14-23(24)28(30)31)13-20(15-26)25(29)27-22-6-4-5-17(2)18(22)3/h4-14H,1-3H3,(H,27,29). The highest BCUT2D eigenvalue weighted by atomic mass is 32.2. The van der Waals surface area contributed by atoms with Gasteiger partial charge in [0.05, 0.1) is 9.82 Å². The molecular formula is C25H21N3O3S. The number of benzene rings is 3. The van der Waals surface area contributed by atoms with Crippen molar-refractivity contribution < 1.29 is 9.72 Å². The summed E-state index contributed by atoms with van der Waals surface area (Å²) in [6.45, 7) is 5.79. The molecule has 6 nitrogen and oxygen atoms in total. The molecule has 32 heavy (non-hydrogen) atoms. The number of carbonyl (C=O) groups excluding carboxylic acids is 1. The summed E-state index contributed by atoms with van der Waals surface area (Å²) < 4.78 is 0. The summed E-state index contributed by atoms with van der Waals surface area (Å²) in [5.41, 5.74) is 3.82. The minimum absolute atomic E-state index is 0.0865. The summed E-state index contributed by atoms with van der Waals surface area (Å²) in [5.74, 6) is -0.568. The molecule has 0 aromatic heterocycles. The van der Waals surface area contributed by atoms with Crippen molar-refractivity contribution in [2.24, 2.45) is 0 Å². The van der Waals surface area contributed by atoms with Crippen LogP contribution in [-0.4, -0.2) is 10.8 Å². The number of amides is 1. The number of rotatable bonds is 6. The maximum atomic E-state index is 12.6. The van der Waals surface area contributed by atoms with Crippen LogP contribution in [0.15, 0.2) is 76.0 Å². The van der Waals surface area contributed by atoms with Gasteiger partial charge in [0.2, 0.25) is 0 Å². The van der Waals surface area contributed by atoms with E-state index in [1.165, 1.54) is 23.9 Å². The van der Waals surface area contributed by atoms with E-state index < -0.39 is 10.8 Å². The van der Waals surface area contributed by atoms with Crippen LogP contribution in [0, 0.1) is 42.2 Å². The van der Waals surface area contributed by atoms with E-state index in [1.807, 2.05) is 63.2 Å². The number of carbonyl (C=O) groups is 1. The number of nitrogens with zero attached hydrogens (tertiary/aromatic N) is 2. The average Bonchev–Trinajstić information content (AvgIpc) is 2.77. The largest absolute Gasteiger partial charge is 0.321 e. The monoisotopic (exact) mass is 443 g/mol. The van der Waals surface area contributed by atoms with Crippen LogP contribution in [-0.2, 0) is 4.79 Å². The summed E-state index contributed by atoms with van der Waals surface area (Å²) in [6.07, 6.45) is 1.35. The van der Waals surface area contributed by atoms with Crippen molar-refractivity contribution in [1.29, 1.82) is 5.26 Å². The summed E-state index contributed by atoms with van der Waals surface area (Å²) in [4.78, 5) is 25.2. The molecule has 0 aliphatic carbocycles. The van der Waals surface area contributed by atoms with Gasteiger partial charge in [-0.1, -0.05) is 47.7 Å². The Morgan fingerprint density at radius 3 is 2.47 bits per heavy atom. The third kappa shape index (κ3) is 5.42. The molecule has 0 aliphatic rings. The zero-order valence-corrected chi connectivity index (χ0v) is 18.7. The van der Waals surface area contributed by atoms with Crippen molar-refractivity contribution >= 4 is 35.1 Å². The molecule has 0 bridgehead atoms. The summed E-state index contributed by atoms with van der Waals surface area (Å²) in [5, 5.41) is 23.9. The van der Waals surface area contributed by atoms with E-state index in [0.717, 1.165) is 21.6 Å². The lowest BCUT2D eigenvalue weighted by molar-refractivity contribution is -0.387. The molecule has 0 unspecified atom stereocenters. The second kappa shape index (κ2) is 9.94. The number of hydrogen-bond acceptors (Lipinski definition) is 5. The molecule has 0 spiro atoms. The van der Waals surface area contributed by atoms with E-state index in [-0.39, 0.29) is 11.3 Å². The van der Waals surface area contributed by atoms with Gasteiger partial charge in [0.15, 0.2) is 0 Å². The normalized spacial score (nSPS) is 11.0. The maximum absolute atomic E-state index is 12.6. The second-order valence-electron chi connectivity index (χ2n) is 7.27. The van der Waals surface area contributed by atoms with Crippen molar-refractivity contribution in [1.82, 2.24) is 0 Å². The Kier molecular flexibility index (Phi) is 7.08. The molecule has 0 saturated heterocycles. The van der Waals surface area contributed by atoms with Gasteiger partial charge in [-0.15, -0.1) is 0 Å². The van der Waals surface area contributed by atoms with Gasteiger partial charge in [-0.3, -0.25) is 14.9 Å². The van der Waals surface area contributed by atoms with E-state index in [1.54, 1.807) is 18.2 Å². The topological polar surface area (TPSA) is 96.0 Å². The Morgan fingerprint density at radius 2 is 1.81 bits per heavy atom. The Labute approximate surface area is 190 Å². The minimum atomic E-state index is -0.568. The SMILES string of the molecule is Cc1ccc(Sc2ccc(C=C(C#N)C(=O)Nc3cccc(C)c3C)cc2[N+](=O)[O-])cc1. The fraction of sp³-hybridized carbons (Fsp3) is 0.120. The van der Waals surface area contributed by atoms with Gasteiger partial charge in [0.1, 0.15) is 11.6 Å². The first-order valence-corrected chi connectivity index (χ1v) is 10.6. The molecule has 0 heterocycles. The molecule has 0 aliphatic heterocycles. The third-order valence-corrected chi connectivity index (χ3v) is 6.03. The lowest BCUT2D eigenvalue weighted by Gasteiger charge is -2.10. The number of nitro groups is 1. The highest BCUT2D eigenvalue weighted by Crippen LogP contribution is 2.36. The van der Waals surface area contributed by atoms with E-state index in [2.05, 4.69) is 5.32 Å². The molecule has 3 aromatic carbocycles. The van der Waals surface area contributed by atoms with Gasteiger partial charge in [-0.25, -0.2) is 0 Å². The zero-order valence-electron chi connectivity index (χ0n) is 17.9. The Bertz CT molecular complexity index is 1260. The zero-order chi connectivity index (χ0) is 23.3. The number of nitrogens with one attached hydrogen (secondary N) is 1. The lowest BCUT2D eigenvalue weighted by atomic mass is 10.1. The van der Waals surface area contributed by atoms with Crippen LogP contribution in [0.2, 0.25) is 0 Å². The van der Waals surface area contributed by atoms with E-state index in [4.69, 9.17) is 0 Å². The van der Waals surface area contributed by atoms with Crippen molar-refractivity contribution in [3.8, 4) is 6.07 Å². The van der Waals surface area contributed by atoms with Crippen LogP contribution < -0.4 is 5.32 Å². The molecule has 3 aromatic rings. The van der Waals surface area contributed by atoms with E-state index >= 15 is 0 Å². The van der Waals surface area contributed by atoms with Crippen LogP contribution in [0.1, 0.15) is 22.3 Å². The Hall–Kier alpha value is -3.89. The Morgan fingerprint density at radius 1 is 1.09 bits per heavy atom. The molecule has 7 heteroatoms. The highest BCUT2D eigenvalue weighted by molar-refractivity contribution is 7.99. The van der Waals surface area contributed by atoms with Gasteiger partial charge in [0.25, 0.3) is 11.6 Å². The molecule has 0 fully saturated rings. The van der Waals surface area contributed by atoms with Gasteiger partial charge < -0.3 is 5.32 Å². The summed E-state index contributed by atoms with van der Waals surface area (Å²) in [7, 11) is 0. The molecule has 0 atom stereocenters. The van der Waals surface area contributed by atoms with Crippen LogP contribution in [0.3, 0.4) is 0 Å². The molecule has 1 amide bonds. The van der Waals surface area contributed by atoms with Crippen molar-refractivity contribution in [2.45, 2.75) is 30.6 Å². The highest BCUT2D eigenvalue weighted by Gasteiger charge is 2.17. The molecular weight excluding hydrogens is 422 g/mol. The lowest BCUT2D eigenvalue weighted by Crippen LogP contribution is -2.14. The number of nitriles is 1. The van der Waals surface area contributed by atoms with Crippen molar-refractivity contribution in [3.05, 3.63) is 98.6 Å². The number of nitro benzene ring substituents is 1. The van der Waals surface area contributed by atoms with Gasteiger partial charge in [-0.2, -0.15) is 5.26 Å². The van der Waals surface area contributed by atoms with E-state index in [0.29, 0.717) is 16.1 Å². The van der Waals surface area contributed by atoms with Crippen LogP contribution in [0.5, 0.6) is 0 Å². The predicted molar refractivity (Wildman–Crippen MR) is 127 cm³/mol. The Balaban J connectivity index is 1.88. The van der Waals surface area contributed by atoms with Gasteiger partial charge in [0, 0.05) is 16.6 Å². The molecule has 1 N–H and O–H groups in total. The van der Waals surface area contributed by atoms with Gasteiger partial charge in [-0.05, 0) is 67.8 Å². The van der Waals surface area contributed by atoms with Crippen LogP contribution in [0.4, 0.5) is 11.4 Å². The molecule has 0 saturated carbocycles. The maximum Gasteiger partial charge on any atom is 0.283 e. The van der Waals surface area contributed by atoms with Crippen molar-refractivity contribution in [3.63, 3.8) is 0 Å². The first-order valence-electron chi connectivity index (χ1n) is 9.81. The van der Waals surface area contributed by atoms with Crippen LogP contribution >= 0.6 is 11.8 Å². The minimum Gasteiger partial charge on any atom is -0.321 e. The average molecular weight is 444 g/mol. The van der Waals surface area contributed by atoms with E-state index in [9.17, 15) is 20.2 Å². The molecule has 0 radical (unpaired) electrons. The fourth-order valence-corrected chi connectivity index (χ4v) is 3.88. The first-order chi connectivity index (χ1) is 15.3. The third-order valence-electron chi connectivity index (χ3n) is 4.96. The van der Waals surface area contributed by atoms with Crippen LogP contribution in [0.25, 0.3) is 6.08 Å². The summed E-state index contributed by atoms with van der Waals surface area (Å²) in [6, 6.07) is 19.8. The smallest absolute Gasteiger partial charge is 0.283 e. The predicted octanol–water partition coefficient (Wildman–Crippen LogP) is 6.22. The quantitative estimate of drug-likeness (QED) is 0.211. The van der Waals surface area contributed by atoms with Crippen molar-refractivity contribution in [2.75, 3.05) is 5.32 Å². The van der Waals surface area contributed by atoms with Gasteiger partial charge >= 0.3 is 0 Å². The molecule has 3 rings (SSSR count). The molecule has 160 valence electrons. The first kappa shape index (κ1) is 22.8. The number of anilines is 1. The fourth-order valence-electron chi connectivity index (χ4n) is 2.98. The number of aryl methyl sites for hydroxylation is 2.